The van der Waals surface area contributed by atoms with E-state index in [1.807, 2.05) is 30.1 Å². The third-order valence-electron chi connectivity index (χ3n) is 6.16. The minimum absolute atomic E-state index is 0.107. The molecule has 0 unspecified atom stereocenters. The van der Waals surface area contributed by atoms with Crippen molar-refractivity contribution in [1.82, 2.24) is 15.1 Å². The number of rotatable bonds is 9. The Labute approximate surface area is 184 Å². The van der Waals surface area contributed by atoms with Crippen molar-refractivity contribution in [1.29, 1.82) is 0 Å². The highest BCUT2D eigenvalue weighted by Crippen LogP contribution is 2.29. The predicted molar refractivity (Wildman–Crippen MR) is 121 cm³/mol. The number of carbonyl (C=O) groups is 2. The second kappa shape index (κ2) is 11.0. The number of hydrogen-bond donors (Lipinski definition) is 2. The molecule has 1 aliphatic heterocycles. The van der Waals surface area contributed by atoms with Gasteiger partial charge in [0, 0.05) is 39.2 Å². The van der Waals surface area contributed by atoms with E-state index in [1.54, 1.807) is 11.9 Å². The molecular weight excluding hydrogens is 394 g/mol. The summed E-state index contributed by atoms with van der Waals surface area (Å²) >= 11 is 0. The third-order valence-corrected chi connectivity index (χ3v) is 6.16. The molecule has 1 fully saturated rings. The van der Waals surface area contributed by atoms with Crippen LogP contribution in [-0.4, -0.2) is 60.9 Å². The lowest BCUT2D eigenvalue weighted by Gasteiger charge is -2.31. The van der Waals surface area contributed by atoms with Gasteiger partial charge in [-0.3, -0.25) is 9.59 Å². The molecule has 1 aliphatic carbocycles. The highest BCUT2D eigenvalue weighted by molar-refractivity contribution is 5.88. The van der Waals surface area contributed by atoms with Crippen LogP contribution in [0.25, 0.3) is 0 Å². The van der Waals surface area contributed by atoms with E-state index in [9.17, 15) is 9.59 Å². The number of ether oxygens (including phenoxy) is 1. The molecule has 8 nitrogen and oxygen atoms in total. The van der Waals surface area contributed by atoms with Crippen LogP contribution < -0.4 is 15.8 Å². The number of hydrogen-bond acceptors (Lipinski definition) is 6. The largest absolute Gasteiger partial charge is 0.494 e. The van der Waals surface area contributed by atoms with Gasteiger partial charge in [-0.25, -0.2) is 4.99 Å². The van der Waals surface area contributed by atoms with Gasteiger partial charge in [-0.1, -0.05) is 25.3 Å². The lowest BCUT2D eigenvalue weighted by Crippen LogP contribution is -2.44. The Kier molecular flexibility index (Phi) is 8.14. The molecule has 8 heteroatoms. The molecule has 170 valence electrons. The van der Waals surface area contributed by atoms with Crippen LogP contribution in [0.5, 0.6) is 5.75 Å². The van der Waals surface area contributed by atoms with Crippen molar-refractivity contribution in [3.05, 3.63) is 23.8 Å². The maximum atomic E-state index is 12.4. The Morgan fingerprint density at radius 2 is 2.03 bits per heavy atom. The number of carbonyl (C=O) groups excluding carboxylic acids is 2. The Hall–Kier alpha value is -2.77. The van der Waals surface area contributed by atoms with Crippen molar-refractivity contribution in [3.8, 4) is 5.75 Å². The zero-order valence-corrected chi connectivity index (χ0v) is 18.7. The van der Waals surface area contributed by atoms with Crippen LogP contribution in [0.1, 0.15) is 56.9 Å². The first-order valence-electron chi connectivity index (χ1n) is 11.3. The smallest absolute Gasteiger partial charge is 0.239 e. The summed E-state index contributed by atoms with van der Waals surface area (Å²) in [6, 6.07) is 6.17. The van der Waals surface area contributed by atoms with Crippen molar-refractivity contribution in [2.75, 3.05) is 27.2 Å². The summed E-state index contributed by atoms with van der Waals surface area (Å²) in [4.78, 5) is 32.1. The second-order valence-electron chi connectivity index (χ2n) is 8.39. The predicted octanol–water partition coefficient (Wildman–Crippen LogP) is 2.53. The minimum atomic E-state index is -0.107. The molecule has 1 aromatic rings. The maximum Gasteiger partial charge on any atom is 0.239 e. The number of nitrogens with zero attached hydrogens (tertiary/aromatic N) is 3. The fourth-order valence-electron chi connectivity index (χ4n) is 4.16. The number of nitrogens with one attached hydrogen (secondary N) is 1. The van der Waals surface area contributed by atoms with E-state index in [0.717, 1.165) is 42.7 Å². The van der Waals surface area contributed by atoms with E-state index >= 15 is 0 Å². The van der Waals surface area contributed by atoms with Crippen LogP contribution in [0, 0.1) is 0 Å². The summed E-state index contributed by atoms with van der Waals surface area (Å²) in [6.45, 7) is 1.27. The first kappa shape index (κ1) is 22.9. The molecule has 3 N–H and O–H groups in total. The van der Waals surface area contributed by atoms with Gasteiger partial charge >= 0.3 is 0 Å². The standard InChI is InChI=1S/C23H35N5O3/c1-25-21(29)16-28-15-17-11-12-19(14-20(17)26-23(28)24)31-13-7-6-10-22(30)27(2)18-8-4-3-5-9-18/h11-12,14,18H,3-10,13,15-16H2,1-2H3,(H2,24,26)(H,25,29). The highest BCUT2D eigenvalue weighted by atomic mass is 16.5. The first-order valence-corrected chi connectivity index (χ1v) is 11.3. The number of likely N-dealkylation sites (N-methyl/N-ethyl adjacent to an activating group) is 1. The Bertz CT molecular complexity index is 804. The summed E-state index contributed by atoms with van der Waals surface area (Å²) in [5.41, 5.74) is 7.78. The van der Waals surface area contributed by atoms with Gasteiger partial charge in [-0.05, 0) is 37.3 Å². The molecular formula is C23H35N5O3. The molecule has 1 aromatic carbocycles. The van der Waals surface area contributed by atoms with Crippen LogP contribution in [0.2, 0.25) is 0 Å². The number of benzene rings is 1. The monoisotopic (exact) mass is 429 g/mol. The fourth-order valence-corrected chi connectivity index (χ4v) is 4.16. The van der Waals surface area contributed by atoms with Crippen molar-refractivity contribution >= 4 is 23.5 Å². The van der Waals surface area contributed by atoms with E-state index in [0.29, 0.717) is 31.6 Å². The summed E-state index contributed by atoms with van der Waals surface area (Å²) in [5, 5.41) is 2.59. The van der Waals surface area contributed by atoms with E-state index in [2.05, 4.69) is 10.3 Å². The Morgan fingerprint density at radius 3 is 2.77 bits per heavy atom. The molecule has 3 rings (SSSR count). The molecule has 0 spiro atoms. The van der Waals surface area contributed by atoms with Gasteiger partial charge < -0.3 is 25.6 Å². The SMILES string of the molecule is CNC(=O)CN1Cc2ccc(OCCCCC(=O)N(C)C3CCCCC3)cc2N=C1N. The summed E-state index contributed by atoms with van der Waals surface area (Å²) in [5.74, 6) is 1.20. The van der Waals surface area contributed by atoms with Crippen LogP contribution in [0.3, 0.4) is 0 Å². The number of guanidine groups is 1. The quantitative estimate of drug-likeness (QED) is 0.588. The van der Waals surface area contributed by atoms with Crippen LogP contribution in [0.4, 0.5) is 5.69 Å². The van der Waals surface area contributed by atoms with Gasteiger partial charge in [-0.2, -0.15) is 0 Å². The van der Waals surface area contributed by atoms with Crippen molar-refractivity contribution in [2.24, 2.45) is 10.7 Å². The van der Waals surface area contributed by atoms with E-state index in [-0.39, 0.29) is 18.4 Å². The van der Waals surface area contributed by atoms with Crippen molar-refractivity contribution in [2.45, 2.75) is 64.0 Å². The molecule has 0 aromatic heterocycles. The van der Waals surface area contributed by atoms with Crippen molar-refractivity contribution < 1.29 is 14.3 Å². The average Bonchev–Trinajstić information content (AvgIpc) is 2.79. The Balaban J connectivity index is 1.41. The topological polar surface area (TPSA) is 100 Å². The molecule has 1 saturated carbocycles. The molecule has 1 heterocycles. The third kappa shape index (κ3) is 6.35. The van der Waals surface area contributed by atoms with Crippen LogP contribution >= 0.6 is 0 Å². The molecule has 0 saturated heterocycles. The fraction of sp³-hybridized carbons (Fsp3) is 0.609. The number of aliphatic imine (C=N–C) groups is 1. The zero-order chi connectivity index (χ0) is 22.2. The minimum Gasteiger partial charge on any atom is -0.494 e. The summed E-state index contributed by atoms with van der Waals surface area (Å²) in [6.07, 6.45) is 8.26. The van der Waals surface area contributed by atoms with Crippen molar-refractivity contribution in [3.63, 3.8) is 0 Å². The maximum absolute atomic E-state index is 12.4. The number of amides is 2. The number of nitrogens with two attached hydrogens (primary N) is 1. The van der Waals surface area contributed by atoms with E-state index < -0.39 is 0 Å². The van der Waals surface area contributed by atoms with Gasteiger partial charge in [0.25, 0.3) is 0 Å². The molecule has 0 bridgehead atoms. The highest BCUT2D eigenvalue weighted by Gasteiger charge is 2.22. The molecule has 0 atom stereocenters. The molecule has 2 amide bonds. The summed E-state index contributed by atoms with van der Waals surface area (Å²) in [7, 11) is 3.55. The van der Waals surface area contributed by atoms with E-state index in [4.69, 9.17) is 10.5 Å². The average molecular weight is 430 g/mol. The van der Waals surface area contributed by atoms with Gasteiger partial charge in [0.1, 0.15) is 5.75 Å². The Morgan fingerprint density at radius 1 is 1.26 bits per heavy atom. The van der Waals surface area contributed by atoms with Crippen LogP contribution in [0.15, 0.2) is 23.2 Å². The van der Waals surface area contributed by atoms with E-state index in [1.165, 1.54) is 19.3 Å². The molecule has 2 aliphatic rings. The van der Waals surface area contributed by atoms with Gasteiger partial charge in [0.05, 0.1) is 18.8 Å². The summed E-state index contributed by atoms with van der Waals surface area (Å²) < 4.78 is 5.86. The number of unbranched alkanes of at least 4 members (excludes halogenated alkanes) is 1. The van der Waals surface area contributed by atoms with Crippen LogP contribution in [-0.2, 0) is 16.1 Å². The first-order chi connectivity index (χ1) is 15.0. The van der Waals surface area contributed by atoms with Gasteiger partial charge in [-0.15, -0.1) is 0 Å². The number of fused-ring (bicyclic) bond motifs is 1. The molecule has 0 radical (unpaired) electrons. The second-order valence-corrected chi connectivity index (χ2v) is 8.39. The lowest BCUT2D eigenvalue weighted by molar-refractivity contribution is -0.132. The molecule has 31 heavy (non-hydrogen) atoms. The zero-order valence-electron chi connectivity index (χ0n) is 18.7. The van der Waals surface area contributed by atoms with Gasteiger partial charge in [0.15, 0.2) is 5.96 Å². The normalized spacial score (nSPS) is 16.3. The van der Waals surface area contributed by atoms with Gasteiger partial charge in [0.2, 0.25) is 11.8 Å². The lowest BCUT2D eigenvalue weighted by atomic mass is 9.94.